The molecule has 1 aliphatic rings. The van der Waals surface area contributed by atoms with Gasteiger partial charge in [0, 0.05) is 19.9 Å². The number of nitriles is 1. The first-order valence-electron chi connectivity index (χ1n) is 5.89. The van der Waals surface area contributed by atoms with Crippen molar-refractivity contribution in [1.82, 2.24) is 4.98 Å². The van der Waals surface area contributed by atoms with Crippen LogP contribution in [0.2, 0.25) is 0 Å². The number of aromatic nitrogens is 1. The van der Waals surface area contributed by atoms with E-state index in [1.807, 2.05) is 13.0 Å². The fourth-order valence-electron chi connectivity index (χ4n) is 2.06. The molecule has 2 heterocycles. The van der Waals surface area contributed by atoms with Crippen molar-refractivity contribution in [2.75, 3.05) is 18.6 Å². The Bertz CT molecular complexity index is 495. The van der Waals surface area contributed by atoms with Gasteiger partial charge in [-0.15, -0.1) is 0 Å². The van der Waals surface area contributed by atoms with Crippen molar-refractivity contribution in [1.29, 1.82) is 5.26 Å². The highest BCUT2D eigenvalue weighted by Gasteiger charge is 2.34. The van der Waals surface area contributed by atoms with E-state index in [1.165, 1.54) is 4.90 Å². The minimum atomic E-state index is -0.427. The Morgan fingerprint density at radius 1 is 1.67 bits per heavy atom. The normalized spacial score (nSPS) is 22.5. The van der Waals surface area contributed by atoms with Crippen molar-refractivity contribution in [2.45, 2.75) is 19.4 Å². The van der Waals surface area contributed by atoms with Crippen LogP contribution in [0.5, 0.6) is 0 Å². The highest BCUT2D eigenvalue weighted by atomic mass is 16.5. The molecule has 0 spiro atoms. The van der Waals surface area contributed by atoms with Gasteiger partial charge < -0.3 is 4.74 Å². The van der Waals surface area contributed by atoms with Crippen LogP contribution in [0.4, 0.5) is 5.82 Å². The Kier molecular flexibility index (Phi) is 3.58. The molecule has 18 heavy (non-hydrogen) atoms. The number of hydrogen-bond donors (Lipinski definition) is 0. The van der Waals surface area contributed by atoms with Gasteiger partial charge in [-0.2, -0.15) is 5.26 Å². The van der Waals surface area contributed by atoms with Gasteiger partial charge in [0.25, 0.3) is 5.91 Å². The van der Waals surface area contributed by atoms with Crippen LogP contribution in [-0.2, 0) is 9.53 Å². The number of pyridine rings is 1. The summed E-state index contributed by atoms with van der Waals surface area (Å²) in [6.07, 6.45) is 2.03. The minimum Gasteiger partial charge on any atom is -0.368 e. The molecular formula is C13H15N3O2. The Morgan fingerprint density at radius 3 is 3.06 bits per heavy atom. The van der Waals surface area contributed by atoms with E-state index in [0.29, 0.717) is 18.0 Å². The Balaban J connectivity index is 2.23. The second kappa shape index (κ2) is 5.15. The number of carbonyl (C=O) groups excluding carboxylic acids is 1. The smallest absolute Gasteiger partial charge is 0.257 e. The lowest BCUT2D eigenvalue weighted by Gasteiger charge is -2.22. The highest BCUT2D eigenvalue weighted by molar-refractivity contribution is 5.96. The summed E-state index contributed by atoms with van der Waals surface area (Å²) in [5.41, 5.74) is 0.388. The Labute approximate surface area is 106 Å². The number of amides is 1. The Hall–Kier alpha value is -1.93. The van der Waals surface area contributed by atoms with E-state index in [4.69, 9.17) is 10.00 Å². The quantitative estimate of drug-likeness (QED) is 0.788. The lowest BCUT2D eigenvalue weighted by molar-refractivity contribution is -0.128. The molecule has 0 bridgehead atoms. The molecule has 0 N–H and O–H groups in total. The van der Waals surface area contributed by atoms with Crippen molar-refractivity contribution in [3.8, 4) is 6.07 Å². The number of hydrogen-bond acceptors (Lipinski definition) is 4. The van der Waals surface area contributed by atoms with Gasteiger partial charge in [-0.25, -0.2) is 4.98 Å². The van der Waals surface area contributed by atoms with E-state index in [2.05, 4.69) is 4.98 Å². The zero-order chi connectivity index (χ0) is 13.1. The third kappa shape index (κ3) is 2.20. The fourth-order valence-corrected chi connectivity index (χ4v) is 2.06. The van der Waals surface area contributed by atoms with Gasteiger partial charge in [-0.05, 0) is 24.5 Å². The first-order valence-corrected chi connectivity index (χ1v) is 5.89. The van der Waals surface area contributed by atoms with Gasteiger partial charge >= 0.3 is 0 Å². The Morgan fingerprint density at radius 2 is 2.44 bits per heavy atom. The fraction of sp³-hybridized carbons (Fsp3) is 0.462. The number of nitrogens with zero attached hydrogens (tertiary/aromatic N) is 3. The third-order valence-corrected chi connectivity index (χ3v) is 3.19. The van der Waals surface area contributed by atoms with Crippen molar-refractivity contribution < 1.29 is 9.53 Å². The molecule has 0 aliphatic carbocycles. The molecule has 1 saturated heterocycles. The maximum atomic E-state index is 12.3. The summed E-state index contributed by atoms with van der Waals surface area (Å²) in [5.74, 6) is 0.442. The predicted octanol–water partition coefficient (Wildman–Crippen LogP) is 1.34. The van der Waals surface area contributed by atoms with Crippen LogP contribution in [0.1, 0.15) is 18.9 Å². The lowest BCUT2D eigenvalue weighted by Crippen LogP contribution is -2.39. The molecule has 5 heteroatoms. The average Bonchev–Trinajstić information content (AvgIpc) is 2.83. The standard InChI is InChI=1S/C13H15N3O2/c1-9-5-7-18-11(9)13(17)16(2)12-10(8-14)4-3-6-15-12/h3-4,6,9,11H,5,7H2,1-2H3. The predicted molar refractivity (Wildman–Crippen MR) is 65.9 cm³/mol. The molecule has 2 rings (SSSR count). The van der Waals surface area contributed by atoms with E-state index in [0.717, 1.165) is 6.42 Å². The van der Waals surface area contributed by atoms with Crippen LogP contribution in [-0.4, -0.2) is 30.6 Å². The molecule has 2 unspecified atom stereocenters. The maximum Gasteiger partial charge on any atom is 0.257 e. The van der Waals surface area contributed by atoms with Gasteiger partial charge in [-0.1, -0.05) is 6.92 Å². The van der Waals surface area contributed by atoms with Crippen LogP contribution in [0, 0.1) is 17.2 Å². The largest absolute Gasteiger partial charge is 0.368 e. The zero-order valence-corrected chi connectivity index (χ0v) is 10.5. The molecule has 1 aromatic rings. The number of likely N-dealkylation sites (N-methyl/N-ethyl adjacent to an activating group) is 1. The SMILES string of the molecule is CC1CCOC1C(=O)N(C)c1ncccc1C#N. The summed E-state index contributed by atoms with van der Waals surface area (Å²) in [7, 11) is 1.62. The monoisotopic (exact) mass is 245 g/mol. The molecule has 1 aliphatic heterocycles. The molecular weight excluding hydrogens is 230 g/mol. The van der Waals surface area contributed by atoms with Gasteiger partial charge in [0.1, 0.15) is 12.2 Å². The molecule has 1 fully saturated rings. The summed E-state index contributed by atoms with van der Waals surface area (Å²) < 4.78 is 5.44. The number of anilines is 1. The van der Waals surface area contributed by atoms with Crippen molar-refractivity contribution in [2.24, 2.45) is 5.92 Å². The highest BCUT2D eigenvalue weighted by Crippen LogP contribution is 2.24. The van der Waals surface area contributed by atoms with Crippen LogP contribution in [0.15, 0.2) is 18.3 Å². The van der Waals surface area contributed by atoms with Crippen molar-refractivity contribution in [3.05, 3.63) is 23.9 Å². The van der Waals surface area contributed by atoms with Gasteiger partial charge in [0.2, 0.25) is 0 Å². The molecule has 94 valence electrons. The van der Waals surface area contributed by atoms with Gasteiger partial charge in [0.15, 0.2) is 5.82 Å². The van der Waals surface area contributed by atoms with Crippen molar-refractivity contribution in [3.63, 3.8) is 0 Å². The van der Waals surface area contributed by atoms with Crippen LogP contribution in [0.25, 0.3) is 0 Å². The summed E-state index contributed by atoms with van der Waals surface area (Å²) >= 11 is 0. The van der Waals surface area contributed by atoms with Gasteiger partial charge in [-0.3, -0.25) is 9.69 Å². The summed E-state index contributed by atoms with van der Waals surface area (Å²) in [5, 5.41) is 9.01. The second-order valence-electron chi connectivity index (χ2n) is 4.44. The third-order valence-electron chi connectivity index (χ3n) is 3.19. The second-order valence-corrected chi connectivity index (χ2v) is 4.44. The number of ether oxygens (including phenoxy) is 1. The van der Waals surface area contributed by atoms with E-state index >= 15 is 0 Å². The molecule has 0 aromatic carbocycles. The van der Waals surface area contributed by atoms with Gasteiger partial charge in [0.05, 0.1) is 5.56 Å². The minimum absolute atomic E-state index is 0.143. The van der Waals surface area contributed by atoms with Crippen LogP contribution < -0.4 is 4.90 Å². The lowest BCUT2D eigenvalue weighted by atomic mass is 10.0. The zero-order valence-electron chi connectivity index (χ0n) is 10.5. The molecule has 2 atom stereocenters. The maximum absolute atomic E-state index is 12.3. The first-order chi connectivity index (χ1) is 8.65. The molecule has 0 radical (unpaired) electrons. The number of rotatable bonds is 2. The van der Waals surface area contributed by atoms with E-state index in [1.54, 1.807) is 25.4 Å². The van der Waals surface area contributed by atoms with Crippen molar-refractivity contribution >= 4 is 11.7 Å². The summed E-state index contributed by atoms with van der Waals surface area (Å²) in [6, 6.07) is 5.36. The van der Waals surface area contributed by atoms with E-state index in [9.17, 15) is 4.79 Å². The number of carbonyl (C=O) groups is 1. The summed E-state index contributed by atoms with van der Waals surface area (Å²) in [4.78, 5) is 17.8. The van der Waals surface area contributed by atoms with E-state index in [-0.39, 0.29) is 11.8 Å². The van der Waals surface area contributed by atoms with Crippen LogP contribution in [0.3, 0.4) is 0 Å². The molecule has 1 amide bonds. The van der Waals surface area contributed by atoms with Crippen LogP contribution >= 0.6 is 0 Å². The molecule has 0 saturated carbocycles. The average molecular weight is 245 g/mol. The topological polar surface area (TPSA) is 66.2 Å². The molecule has 5 nitrogen and oxygen atoms in total. The first kappa shape index (κ1) is 12.5. The summed E-state index contributed by atoms with van der Waals surface area (Å²) in [6.45, 7) is 2.60. The van der Waals surface area contributed by atoms with E-state index < -0.39 is 6.10 Å². The molecule has 1 aromatic heterocycles.